The van der Waals surface area contributed by atoms with Gasteiger partial charge in [-0.3, -0.25) is 9.69 Å². The van der Waals surface area contributed by atoms with Crippen LogP contribution in [0.1, 0.15) is 31.7 Å². The van der Waals surface area contributed by atoms with Crippen LogP contribution < -0.4 is 11.1 Å². The number of amides is 1. The molecule has 1 heterocycles. The highest BCUT2D eigenvalue weighted by Crippen LogP contribution is 2.16. The molecule has 0 saturated carbocycles. The van der Waals surface area contributed by atoms with E-state index in [0.29, 0.717) is 13.1 Å². The summed E-state index contributed by atoms with van der Waals surface area (Å²) in [4.78, 5) is 14.3. The van der Waals surface area contributed by atoms with Gasteiger partial charge in [0.15, 0.2) is 0 Å². The van der Waals surface area contributed by atoms with E-state index in [2.05, 4.69) is 17.1 Å². The number of rotatable bonds is 4. The Balaban J connectivity index is 1.85. The lowest BCUT2D eigenvalue weighted by Gasteiger charge is -2.19. The number of carbonyl (C=O) groups excluding carboxylic acids is 1. The summed E-state index contributed by atoms with van der Waals surface area (Å²) in [5.41, 5.74) is 7.48. The second-order valence-electron chi connectivity index (χ2n) is 5.76. The van der Waals surface area contributed by atoms with Gasteiger partial charge in [0, 0.05) is 12.2 Å². The van der Waals surface area contributed by atoms with Gasteiger partial charge in [-0.2, -0.15) is 0 Å². The van der Waals surface area contributed by atoms with Crippen molar-refractivity contribution < 1.29 is 4.79 Å². The van der Waals surface area contributed by atoms with Gasteiger partial charge in [0.1, 0.15) is 0 Å². The minimum absolute atomic E-state index is 0.0636. The first-order valence-corrected chi connectivity index (χ1v) is 7.48. The lowest BCUT2D eigenvalue weighted by atomic mass is 10.0. The molecule has 20 heavy (non-hydrogen) atoms. The maximum Gasteiger partial charge on any atom is 0.238 e. The number of nitrogens with zero attached hydrogens (tertiary/aromatic N) is 1. The molecule has 2 rings (SSSR count). The van der Waals surface area contributed by atoms with Crippen LogP contribution in [0.3, 0.4) is 0 Å². The SMILES string of the molecule is CC1CCCN(CC(=O)Nc2cccc(CN)c2)CC1. The Labute approximate surface area is 121 Å². The Morgan fingerprint density at radius 1 is 1.40 bits per heavy atom. The number of carbonyl (C=O) groups is 1. The number of likely N-dealkylation sites (tertiary alicyclic amines) is 1. The van der Waals surface area contributed by atoms with Gasteiger partial charge in [-0.15, -0.1) is 0 Å². The number of anilines is 1. The van der Waals surface area contributed by atoms with Gasteiger partial charge in [0.25, 0.3) is 0 Å². The molecule has 0 radical (unpaired) electrons. The maximum absolute atomic E-state index is 12.1. The second-order valence-corrected chi connectivity index (χ2v) is 5.76. The summed E-state index contributed by atoms with van der Waals surface area (Å²) in [6.07, 6.45) is 3.66. The Kier molecular flexibility index (Phi) is 5.56. The van der Waals surface area contributed by atoms with Gasteiger partial charge in [-0.25, -0.2) is 0 Å². The topological polar surface area (TPSA) is 58.4 Å². The Morgan fingerprint density at radius 2 is 2.25 bits per heavy atom. The highest BCUT2D eigenvalue weighted by atomic mass is 16.2. The fourth-order valence-corrected chi connectivity index (χ4v) is 2.66. The standard InChI is InChI=1S/C16H25N3O/c1-13-4-3-8-19(9-7-13)12-16(20)18-15-6-2-5-14(10-15)11-17/h2,5-6,10,13H,3-4,7-9,11-12,17H2,1H3,(H,18,20). The van der Waals surface area contributed by atoms with Crippen LogP contribution in [-0.4, -0.2) is 30.4 Å². The number of nitrogens with two attached hydrogens (primary N) is 1. The number of benzene rings is 1. The summed E-state index contributed by atoms with van der Waals surface area (Å²) in [6.45, 7) is 5.33. The van der Waals surface area contributed by atoms with E-state index in [0.717, 1.165) is 30.3 Å². The van der Waals surface area contributed by atoms with Gasteiger partial charge in [0.2, 0.25) is 5.91 Å². The third-order valence-corrected chi connectivity index (χ3v) is 3.92. The van der Waals surface area contributed by atoms with Crippen molar-refractivity contribution in [3.63, 3.8) is 0 Å². The van der Waals surface area contributed by atoms with Crippen molar-refractivity contribution in [3.8, 4) is 0 Å². The fraction of sp³-hybridized carbons (Fsp3) is 0.562. The van der Waals surface area contributed by atoms with Crippen LogP contribution in [0, 0.1) is 5.92 Å². The van der Waals surface area contributed by atoms with Crippen molar-refractivity contribution in [2.75, 3.05) is 25.0 Å². The van der Waals surface area contributed by atoms with E-state index < -0.39 is 0 Å². The van der Waals surface area contributed by atoms with Crippen molar-refractivity contribution in [2.24, 2.45) is 11.7 Å². The molecule has 4 heteroatoms. The maximum atomic E-state index is 12.1. The zero-order valence-corrected chi connectivity index (χ0v) is 12.3. The average Bonchev–Trinajstić information content (AvgIpc) is 2.64. The van der Waals surface area contributed by atoms with Gasteiger partial charge >= 0.3 is 0 Å². The molecule has 4 nitrogen and oxygen atoms in total. The zero-order chi connectivity index (χ0) is 14.4. The molecule has 0 spiro atoms. The molecule has 0 aromatic heterocycles. The van der Waals surface area contributed by atoms with Gasteiger partial charge in [0.05, 0.1) is 6.54 Å². The normalized spacial score (nSPS) is 20.4. The van der Waals surface area contributed by atoms with Crippen LogP contribution in [0.4, 0.5) is 5.69 Å². The van der Waals surface area contributed by atoms with Gasteiger partial charge in [-0.05, 0) is 56.0 Å². The lowest BCUT2D eigenvalue weighted by Crippen LogP contribution is -2.34. The van der Waals surface area contributed by atoms with Crippen molar-refractivity contribution in [3.05, 3.63) is 29.8 Å². The van der Waals surface area contributed by atoms with E-state index in [1.807, 2.05) is 24.3 Å². The third kappa shape index (κ3) is 4.62. The lowest BCUT2D eigenvalue weighted by molar-refractivity contribution is -0.117. The van der Waals surface area contributed by atoms with E-state index >= 15 is 0 Å². The molecule has 1 aliphatic rings. The average molecular weight is 275 g/mol. The van der Waals surface area contributed by atoms with Crippen molar-refractivity contribution in [2.45, 2.75) is 32.7 Å². The molecule has 1 aromatic carbocycles. The first-order chi connectivity index (χ1) is 9.67. The third-order valence-electron chi connectivity index (χ3n) is 3.92. The van der Waals surface area contributed by atoms with Crippen LogP contribution in [-0.2, 0) is 11.3 Å². The first kappa shape index (κ1) is 15.0. The number of hydrogen-bond donors (Lipinski definition) is 2. The minimum Gasteiger partial charge on any atom is -0.326 e. The summed E-state index contributed by atoms with van der Waals surface area (Å²) in [5, 5.41) is 2.96. The summed E-state index contributed by atoms with van der Waals surface area (Å²) in [7, 11) is 0. The Morgan fingerprint density at radius 3 is 3.05 bits per heavy atom. The van der Waals surface area contributed by atoms with Crippen LogP contribution in [0.2, 0.25) is 0 Å². The molecule has 0 bridgehead atoms. The molecular formula is C16H25N3O. The fourth-order valence-electron chi connectivity index (χ4n) is 2.66. The molecule has 1 fully saturated rings. The highest BCUT2D eigenvalue weighted by molar-refractivity contribution is 5.92. The summed E-state index contributed by atoms with van der Waals surface area (Å²) < 4.78 is 0. The molecule has 3 N–H and O–H groups in total. The smallest absolute Gasteiger partial charge is 0.238 e. The van der Waals surface area contributed by atoms with E-state index in [-0.39, 0.29) is 5.91 Å². The minimum atomic E-state index is 0.0636. The number of nitrogens with one attached hydrogen (secondary N) is 1. The van der Waals surface area contributed by atoms with Crippen LogP contribution in [0.5, 0.6) is 0 Å². The van der Waals surface area contributed by atoms with E-state index in [1.165, 1.54) is 19.3 Å². The molecule has 1 saturated heterocycles. The molecule has 1 aliphatic heterocycles. The largest absolute Gasteiger partial charge is 0.326 e. The molecule has 1 atom stereocenters. The van der Waals surface area contributed by atoms with E-state index in [4.69, 9.17) is 5.73 Å². The van der Waals surface area contributed by atoms with Crippen molar-refractivity contribution in [1.82, 2.24) is 4.90 Å². The Bertz CT molecular complexity index is 447. The predicted octanol–water partition coefficient (Wildman–Crippen LogP) is 2.21. The van der Waals surface area contributed by atoms with Crippen LogP contribution in [0.25, 0.3) is 0 Å². The van der Waals surface area contributed by atoms with Crippen LogP contribution >= 0.6 is 0 Å². The molecule has 1 amide bonds. The second kappa shape index (κ2) is 7.41. The summed E-state index contributed by atoms with van der Waals surface area (Å²) >= 11 is 0. The molecule has 110 valence electrons. The van der Waals surface area contributed by atoms with Gasteiger partial charge in [-0.1, -0.05) is 19.1 Å². The van der Waals surface area contributed by atoms with E-state index in [9.17, 15) is 4.79 Å². The molecule has 1 unspecified atom stereocenters. The van der Waals surface area contributed by atoms with Crippen molar-refractivity contribution in [1.29, 1.82) is 0 Å². The quantitative estimate of drug-likeness (QED) is 0.885. The predicted molar refractivity (Wildman–Crippen MR) is 82.4 cm³/mol. The van der Waals surface area contributed by atoms with Crippen LogP contribution in [0.15, 0.2) is 24.3 Å². The van der Waals surface area contributed by atoms with E-state index in [1.54, 1.807) is 0 Å². The summed E-state index contributed by atoms with van der Waals surface area (Å²) in [6, 6.07) is 7.72. The highest BCUT2D eigenvalue weighted by Gasteiger charge is 2.16. The zero-order valence-electron chi connectivity index (χ0n) is 12.3. The summed E-state index contributed by atoms with van der Waals surface area (Å²) in [5.74, 6) is 0.845. The molecular weight excluding hydrogens is 250 g/mol. The first-order valence-electron chi connectivity index (χ1n) is 7.48. The van der Waals surface area contributed by atoms with Crippen molar-refractivity contribution >= 4 is 11.6 Å². The number of hydrogen-bond acceptors (Lipinski definition) is 3. The molecule has 0 aliphatic carbocycles. The Hall–Kier alpha value is -1.39. The van der Waals surface area contributed by atoms with Gasteiger partial charge < -0.3 is 11.1 Å². The monoisotopic (exact) mass is 275 g/mol. The molecule has 1 aromatic rings.